The zero-order chi connectivity index (χ0) is 18.1. The fourth-order valence-electron chi connectivity index (χ4n) is 2.70. The minimum Gasteiger partial charge on any atom is -0.492 e. The van der Waals surface area contributed by atoms with Gasteiger partial charge in [-0.15, -0.1) is 0 Å². The highest BCUT2D eigenvalue weighted by Gasteiger charge is 2.27. The summed E-state index contributed by atoms with van der Waals surface area (Å²) in [5.41, 5.74) is 0. The molecule has 1 aliphatic rings. The van der Waals surface area contributed by atoms with Gasteiger partial charge in [-0.25, -0.2) is 4.79 Å². The first-order valence-corrected chi connectivity index (χ1v) is 9.06. The summed E-state index contributed by atoms with van der Waals surface area (Å²) in [5.74, 6) is 0.406. The molecule has 138 valence electrons. The Bertz CT molecular complexity index is 574. The van der Waals surface area contributed by atoms with Crippen molar-refractivity contribution in [1.29, 1.82) is 0 Å². The molecule has 0 aromatic heterocycles. The number of carbonyl (C=O) groups is 2. The van der Waals surface area contributed by atoms with Crippen molar-refractivity contribution in [2.45, 2.75) is 26.2 Å². The summed E-state index contributed by atoms with van der Waals surface area (Å²) in [4.78, 5) is 25.6. The number of benzene rings is 1. The number of rotatable bonds is 7. The number of hydrogen-bond donors (Lipinski definition) is 1. The first-order valence-electron chi connectivity index (χ1n) is 8.68. The van der Waals surface area contributed by atoms with Crippen molar-refractivity contribution in [1.82, 2.24) is 10.2 Å². The van der Waals surface area contributed by atoms with E-state index in [2.05, 4.69) is 5.32 Å². The van der Waals surface area contributed by atoms with Gasteiger partial charge >= 0.3 is 12.0 Å². The van der Waals surface area contributed by atoms with E-state index >= 15 is 0 Å². The van der Waals surface area contributed by atoms with E-state index < -0.39 is 0 Å². The summed E-state index contributed by atoms with van der Waals surface area (Å²) in [6.07, 6.45) is 2.00. The summed E-state index contributed by atoms with van der Waals surface area (Å²) in [5, 5.41) is 3.46. The number of urea groups is 1. The lowest BCUT2D eigenvalue weighted by Crippen LogP contribution is -2.46. The van der Waals surface area contributed by atoms with Crippen LogP contribution in [0.4, 0.5) is 4.79 Å². The lowest BCUT2D eigenvalue weighted by molar-refractivity contribution is -0.149. The maximum Gasteiger partial charge on any atom is 0.317 e. The fraction of sp³-hybridized carbons (Fsp3) is 0.556. The molecule has 0 spiro atoms. The number of nitrogens with zero attached hydrogens (tertiary/aromatic N) is 1. The van der Waals surface area contributed by atoms with Crippen LogP contribution in [0.2, 0.25) is 5.02 Å². The number of hydrogen-bond acceptors (Lipinski definition) is 4. The van der Waals surface area contributed by atoms with Crippen LogP contribution in [0.3, 0.4) is 0 Å². The Morgan fingerprint density at radius 1 is 1.28 bits per heavy atom. The Hall–Kier alpha value is -1.95. The van der Waals surface area contributed by atoms with E-state index in [4.69, 9.17) is 21.1 Å². The number of esters is 1. The zero-order valence-corrected chi connectivity index (χ0v) is 15.3. The van der Waals surface area contributed by atoms with Crippen LogP contribution < -0.4 is 10.1 Å². The Morgan fingerprint density at radius 2 is 2.00 bits per heavy atom. The SMILES string of the molecule is CCOC(=O)C1CCN(C(=O)NCCCOc2ccccc2Cl)CC1. The van der Waals surface area contributed by atoms with Crippen molar-refractivity contribution in [3.05, 3.63) is 29.3 Å². The van der Waals surface area contributed by atoms with Gasteiger partial charge < -0.3 is 19.7 Å². The van der Waals surface area contributed by atoms with E-state index in [1.807, 2.05) is 18.2 Å². The molecular weight excluding hydrogens is 344 g/mol. The monoisotopic (exact) mass is 368 g/mol. The molecule has 1 aromatic rings. The molecule has 0 aliphatic carbocycles. The Morgan fingerprint density at radius 3 is 2.68 bits per heavy atom. The van der Waals surface area contributed by atoms with Gasteiger partial charge in [0.25, 0.3) is 0 Å². The lowest BCUT2D eigenvalue weighted by atomic mass is 9.97. The third kappa shape index (κ3) is 6.12. The minimum absolute atomic E-state index is 0.0898. The average molecular weight is 369 g/mol. The minimum atomic E-state index is -0.153. The van der Waals surface area contributed by atoms with Crippen LogP contribution >= 0.6 is 11.6 Å². The molecule has 2 amide bonds. The number of amides is 2. The quantitative estimate of drug-likeness (QED) is 0.593. The molecule has 1 N–H and O–H groups in total. The van der Waals surface area contributed by atoms with E-state index in [-0.39, 0.29) is 17.9 Å². The highest BCUT2D eigenvalue weighted by molar-refractivity contribution is 6.32. The molecule has 1 aliphatic heterocycles. The van der Waals surface area contributed by atoms with Crippen LogP contribution in [0, 0.1) is 5.92 Å². The maximum absolute atomic E-state index is 12.1. The van der Waals surface area contributed by atoms with E-state index in [1.165, 1.54) is 0 Å². The number of piperidine rings is 1. The second-order valence-corrected chi connectivity index (χ2v) is 6.28. The molecular formula is C18H25ClN2O4. The van der Waals surface area contributed by atoms with Gasteiger partial charge in [0.1, 0.15) is 5.75 Å². The molecule has 1 saturated heterocycles. The lowest BCUT2D eigenvalue weighted by Gasteiger charge is -2.30. The van der Waals surface area contributed by atoms with Gasteiger partial charge in [0.05, 0.1) is 24.2 Å². The molecule has 0 atom stereocenters. The number of ether oxygens (including phenoxy) is 2. The summed E-state index contributed by atoms with van der Waals surface area (Å²) >= 11 is 6.01. The van der Waals surface area contributed by atoms with Crippen molar-refractivity contribution in [2.75, 3.05) is 32.8 Å². The number of nitrogens with one attached hydrogen (secondary N) is 1. The molecule has 1 fully saturated rings. The van der Waals surface area contributed by atoms with Crippen LogP contribution in [0.15, 0.2) is 24.3 Å². The Kier molecular flexibility index (Phi) is 7.85. The van der Waals surface area contributed by atoms with Crippen molar-refractivity contribution < 1.29 is 19.1 Å². The van der Waals surface area contributed by atoms with Gasteiger partial charge in [-0.05, 0) is 38.3 Å². The Balaban J connectivity index is 1.60. The molecule has 1 aromatic carbocycles. The van der Waals surface area contributed by atoms with E-state index in [0.29, 0.717) is 62.9 Å². The second kappa shape index (κ2) is 10.1. The van der Waals surface area contributed by atoms with E-state index in [9.17, 15) is 9.59 Å². The molecule has 0 saturated carbocycles. The standard InChI is InChI=1S/C18H25ClN2O4/c1-2-24-17(22)14-8-11-21(12-9-14)18(23)20-10-5-13-25-16-7-4-3-6-15(16)19/h3-4,6-7,14H,2,5,8-13H2,1H3,(H,20,23). The first kappa shape index (κ1) is 19.4. The van der Waals surface area contributed by atoms with Crippen LogP contribution in [-0.4, -0.2) is 49.7 Å². The van der Waals surface area contributed by atoms with Crippen molar-refractivity contribution in [2.24, 2.45) is 5.92 Å². The van der Waals surface area contributed by atoms with Crippen LogP contribution in [0.1, 0.15) is 26.2 Å². The smallest absolute Gasteiger partial charge is 0.317 e. The normalized spacial score (nSPS) is 14.9. The third-order valence-corrected chi connectivity index (χ3v) is 4.41. The summed E-state index contributed by atoms with van der Waals surface area (Å²) in [6, 6.07) is 7.21. The topological polar surface area (TPSA) is 67.9 Å². The van der Waals surface area contributed by atoms with Crippen molar-refractivity contribution in [3.8, 4) is 5.75 Å². The van der Waals surface area contributed by atoms with Gasteiger partial charge in [0, 0.05) is 19.6 Å². The fourth-order valence-corrected chi connectivity index (χ4v) is 2.89. The predicted octanol–water partition coefficient (Wildman–Crippen LogP) is 3.09. The van der Waals surface area contributed by atoms with Crippen molar-refractivity contribution >= 4 is 23.6 Å². The van der Waals surface area contributed by atoms with Gasteiger partial charge in [0.15, 0.2) is 0 Å². The van der Waals surface area contributed by atoms with E-state index in [1.54, 1.807) is 17.9 Å². The molecule has 0 radical (unpaired) electrons. The van der Waals surface area contributed by atoms with E-state index in [0.717, 1.165) is 0 Å². The highest BCUT2D eigenvalue weighted by Crippen LogP contribution is 2.23. The number of para-hydroxylation sites is 1. The summed E-state index contributed by atoms with van der Waals surface area (Å²) < 4.78 is 10.6. The highest BCUT2D eigenvalue weighted by atomic mass is 35.5. The number of halogens is 1. The molecule has 25 heavy (non-hydrogen) atoms. The molecule has 7 heteroatoms. The third-order valence-electron chi connectivity index (χ3n) is 4.09. The van der Waals surface area contributed by atoms with Gasteiger partial charge in [-0.3, -0.25) is 4.79 Å². The van der Waals surface area contributed by atoms with Crippen LogP contribution in [-0.2, 0) is 9.53 Å². The molecule has 6 nitrogen and oxygen atoms in total. The molecule has 1 heterocycles. The average Bonchev–Trinajstić information content (AvgIpc) is 2.63. The summed E-state index contributed by atoms with van der Waals surface area (Å²) in [7, 11) is 0. The largest absolute Gasteiger partial charge is 0.492 e. The molecule has 0 unspecified atom stereocenters. The molecule has 2 rings (SSSR count). The van der Waals surface area contributed by atoms with Gasteiger partial charge in [-0.2, -0.15) is 0 Å². The Labute approximate surface area is 153 Å². The number of likely N-dealkylation sites (tertiary alicyclic amines) is 1. The van der Waals surface area contributed by atoms with Crippen molar-refractivity contribution in [3.63, 3.8) is 0 Å². The number of carbonyl (C=O) groups excluding carboxylic acids is 2. The summed E-state index contributed by atoms with van der Waals surface area (Å²) in [6.45, 7) is 4.36. The zero-order valence-electron chi connectivity index (χ0n) is 14.5. The van der Waals surface area contributed by atoms with Crippen LogP contribution in [0.25, 0.3) is 0 Å². The van der Waals surface area contributed by atoms with Gasteiger partial charge in [-0.1, -0.05) is 23.7 Å². The molecule has 0 bridgehead atoms. The predicted molar refractivity (Wildman–Crippen MR) is 95.9 cm³/mol. The van der Waals surface area contributed by atoms with Gasteiger partial charge in [0.2, 0.25) is 0 Å². The van der Waals surface area contributed by atoms with Crippen LogP contribution in [0.5, 0.6) is 5.75 Å². The second-order valence-electron chi connectivity index (χ2n) is 5.88. The first-order chi connectivity index (χ1) is 12.1. The maximum atomic E-state index is 12.1.